The number of ether oxygens (including phenoxy) is 1. The van der Waals surface area contributed by atoms with Crippen LogP contribution in [0, 0.1) is 0 Å². The number of fused-ring (bicyclic) bond motifs is 1. The van der Waals surface area contributed by atoms with E-state index in [9.17, 15) is 13.2 Å². The van der Waals surface area contributed by atoms with Crippen LogP contribution in [-0.2, 0) is 26.2 Å². The van der Waals surface area contributed by atoms with Crippen molar-refractivity contribution in [2.45, 2.75) is 24.5 Å². The first-order valence-electron chi connectivity index (χ1n) is 8.91. The first kappa shape index (κ1) is 18.9. The maximum Gasteiger partial charge on any atom is 0.331 e. The summed E-state index contributed by atoms with van der Waals surface area (Å²) in [5, 5.41) is 4.38. The molecule has 29 heavy (non-hydrogen) atoms. The fourth-order valence-electron chi connectivity index (χ4n) is 2.90. The van der Waals surface area contributed by atoms with Gasteiger partial charge in [-0.05, 0) is 37.3 Å². The van der Waals surface area contributed by atoms with Crippen LogP contribution in [0.2, 0.25) is 0 Å². The third-order valence-corrected chi connectivity index (χ3v) is 5.75. The minimum absolute atomic E-state index is 0.00380. The van der Waals surface area contributed by atoms with E-state index in [2.05, 4.69) is 14.8 Å². The monoisotopic (exact) mass is 410 g/mol. The Bertz CT molecular complexity index is 1190. The van der Waals surface area contributed by atoms with E-state index in [-0.39, 0.29) is 17.3 Å². The Hall–Kier alpha value is -3.46. The van der Waals surface area contributed by atoms with Crippen LogP contribution in [0.5, 0.6) is 0 Å². The third-order valence-electron chi connectivity index (χ3n) is 4.35. The molecule has 0 radical (unpaired) electrons. The number of nitrogens with one attached hydrogen (secondary N) is 1. The van der Waals surface area contributed by atoms with E-state index in [0.717, 1.165) is 5.69 Å². The maximum absolute atomic E-state index is 12.3. The lowest BCUT2D eigenvalue weighted by Gasteiger charge is -2.08. The summed E-state index contributed by atoms with van der Waals surface area (Å²) in [4.78, 5) is 16.7. The smallest absolute Gasteiger partial charge is 0.331 e. The van der Waals surface area contributed by atoms with E-state index in [0.29, 0.717) is 11.3 Å². The Balaban J connectivity index is 1.42. The van der Waals surface area contributed by atoms with E-state index < -0.39 is 22.0 Å². The number of para-hydroxylation sites is 1. The molecule has 0 aliphatic carbocycles. The zero-order valence-electron chi connectivity index (χ0n) is 15.5. The predicted octanol–water partition coefficient (Wildman–Crippen LogP) is 2.04. The molecule has 0 saturated carbocycles. The second kappa shape index (κ2) is 7.51. The average Bonchev–Trinajstić information content (AvgIpc) is 3.30. The minimum atomic E-state index is -3.65. The Kier molecular flexibility index (Phi) is 4.89. The lowest BCUT2D eigenvalue weighted by Crippen LogP contribution is -2.26. The standard InChI is InChI=1S/C20H18N4O4S/c1-14(21-19-17-9-5-6-10-18(17)29(26,27)23-19)20(25)28-13-15-11-12-24(22-15)16-7-3-2-4-8-16/h2-12,14H,13H2,1H3,(H,21,23)/t14-/m0/s1. The summed E-state index contributed by atoms with van der Waals surface area (Å²) in [6.45, 7) is 1.54. The molecule has 0 saturated heterocycles. The van der Waals surface area contributed by atoms with Gasteiger partial charge in [0.2, 0.25) is 0 Å². The van der Waals surface area contributed by atoms with Crippen LogP contribution < -0.4 is 4.72 Å². The van der Waals surface area contributed by atoms with Crippen molar-refractivity contribution in [1.29, 1.82) is 0 Å². The molecule has 3 aromatic rings. The van der Waals surface area contributed by atoms with Crippen LogP contribution in [0.15, 0.2) is 76.7 Å². The normalized spacial score (nSPS) is 16.8. The summed E-state index contributed by atoms with van der Waals surface area (Å²) < 4.78 is 33.6. The molecule has 2 aromatic carbocycles. The predicted molar refractivity (Wildman–Crippen MR) is 106 cm³/mol. The van der Waals surface area contributed by atoms with Crippen LogP contribution in [0.25, 0.3) is 5.69 Å². The fourth-order valence-corrected chi connectivity index (χ4v) is 4.14. The van der Waals surface area contributed by atoms with Crippen molar-refractivity contribution in [3.05, 3.63) is 78.1 Å². The van der Waals surface area contributed by atoms with Gasteiger partial charge in [-0.25, -0.2) is 17.9 Å². The average molecular weight is 410 g/mol. The SMILES string of the molecule is C[C@H](N=C1NS(=O)(=O)c2ccccc21)C(=O)OCc1ccn(-c2ccccc2)n1. The molecule has 1 aliphatic rings. The van der Waals surface area contributed by atoms with E-state index in [4.69, 9.17) is 4.74 Å². The van der Waals surface area contributed by atoms with Gasteiger partial charge in [0.05, 0.1) is 10.6 Å². The highest BCUT2D eigenvalue weighted by Gasteiger charge is 2.31. The summed E-state index contributed by atoms with van der Waals surface area (Å²) in [6, 6.07) is 16.9. The number of benzene rings is 2. The van der Waals surface area contributed by atoms with Gasteiger partial charge in [-0.15, -0.1) is 0 Å². The molecule has 0 amide bonds. The van der Waals surface area contributed by atoms with Gasteiger partial charge in [-0.3, -0.25) is 9.71 Å². The van der Waals surface area contributed by atoms with Gasteiger partial charge < -0.3 is 4.74 Å². The minimum Gasteiger partial charge on any atom is -0.458 e. The summed E-state index contributed by atoms with van der Waals surface area (Å²) in [7, 11) is -3.65. The number of rotatable bonds is 5. The topological polar surface area (TPSA) is 103 Å². The molecule has 1 aliphatic heterocycles. The van der Waals surface area contributed by atoms with Crippen molar-refractivity contribution in [3.8, 4) is 5.69 Å². The molecule has 9 heteroatoms. The third kappa shape index (κ3) is 3.90. The summed E-state index contributed by atoms with van der Waals surface area (Å²) in [6.07, 6.45) is 1.78. The zero-order chi connectivity index (χ0) is 20.4. The fraction of sp³-hybridized carbons (Fsp3) is 0.150. The Morgan fingerprint density at radius 1 is 1.14 bits per heavy atom. The summed E-state index contributed by atoms with van der Waals surface area (Å²) in [5.74, 6) is -0.436. The van der Waals surface area contributed by atoms with Crippen molar-refractivity contribution in [2.24, 2.45) is 4.99 Å². The van der Waals surface area contributed by atoms with E-state index in [1.807, 2.05) is 30.3 Å². The lowest BCUT2D eigenvalue weighted by molar-refractivity contribution is -0.146. The second-order valence-electron chi connectivity index (χ2n) is 6.45. The van der Waals surface area contributed by atoms with Crippen LogP contribution in [0.4, 0.5) is 0 Å². The van der Waals surface area contributed by atoms with Crippen molar-refractivity contribution in [1.82, 2.24) is 14.5 Å². The number of carbonyl (C=O) groups is 1. The van der Waals surface area contributed by atoms with Crippen LogP contribution in [-0.4, -0.2) is 36.0 Å². The number of nitrogens with zero attached hydrogens (tertiary/aromatic N) is 3. The molecule has 148 valence electrons. The van der Waals surface area contributed by atoms with Crippen molar-refractivity contribution in [2.75, 3.05) is 0 Å². The number of hydrogen-bond acceptors (Lipinski definition) is 6. The number of aliphatic imine (C=N–C) groups is 1. The van der Waals surface area contributed by atoms with Crippen molar-refractivity contribution >= 4 is 21.8 Å². The highest BCUT2D eigenvalue weighted by Crippen LogP contribution is 2.22. The molecule has 1 aromatic heterocycles. The highest BCUT2D eigenvalue weighted by atomic mass is 32.2. The van der Waals surface area contributed by atoms with Gasteiger partial charge >= 0.3 is 5.97 Å². The number of esters is 1. The highest BCUT2D eigenvalue weighted by molar-refractivity contribution is 7.90. The summed E-state index contributed by atoms with van der Waals surface area (Å²) in [5.41, 5.74) is 1.93. The number of aromatic nitrogens is 2. The molecule has 0 bridgehead atoms. The first-order valence-corrected chi connectivity index (χ1v) is 10.4. The largest absolute Gasteiger partial charge is 0.458 e. The van der Waals surface area contributed by atoms with Crippen molar-refractivity contribution < 1.29 is 17.9 Å². The molecular formula is C20H18N4O4S. The molecule has 4 rings (SSSR count). The maximum atomic E-state index is 12.3. The van der Waals surface area contributed by atoms with Gasteiger partial charge in [-0.2, -0.15) is 5.10 Å². The Morgan fingerprint density at radius 2 is 1.86 bits per heavy atom. The lowest BCUT2D eigenvalue weighted by atomic mass is 10.2. The number of carbonyl (C=O) groups excluding carboxylic acids is 1. The molecule has 2 heterocycles. The van der Waals surface area contributed by atoms with Gasteiger partial charge in [0.1, 0.15) is 24.2 Å². The van der Waals surface area contributed by atoms with Crippen LogP contribution in [0.1, 0.15) is 18.2 Å². The van der Waals surface area contributed by atoms with Crippen LogP contribution >= 0.6 is 0 Å². The Labute approximate surface area is 167 Å². The van der Waals surface area contributed by atoms with E-state index in [1.54, 1.807) is 42.1 Å². The van der Waals surface area contributed by atoms with Gasteiger partial charge in [0.15, 0.2) is 0 Å². The molecule has 0 unspecified atom stereocenters. The molecule has 1 atom stereocenters. The number of sulfonamides is 1. The van der Waals surface area contributed by atoms with Crippen molar-refractivity contribution in [3.63, 3.8) is 0 Å². The number of hydrogen-bond donors (Lipinski definition) is 1. The summed E-state index contributed by atoms with van der Waals surface area (Å²) >= 11 is 0. The van der Waals surface area contributed by atoms with Gasteiger partial charge in [-0.1, -0.05) is 30.3 Å². The number of amidine groups is 1. The molecule has 0 spiro atoms. The first-order chi connectivity index (χ1) is 13.9. The second-order valence-corrected chi connectivity index (χ2v) is 8.10. The Morgan fingerprint density at radius 3 is 2.66 bits per heavy atom. The van der Waals surface area contributed by atoms with Gasteiger partial charge in [0, 0.05) is 11.8 Å². The van der Waals surface area contributed by atoms with Crippen LogP contribution in [0.3, 0.4) is 0 Å². The molecule has 8 nitrogen and oxygen atoms in total. The van der Waals surface area contributed by atoms with E-state index >= 15 is 0 Å². The van der Waals surface area contributed by atoms with E-state index in [1.165, 1.54) is 6.07 Å². The molecule has 1 N–H and O–H groups in total. The zero-order valence-corrected chi connectivity index (χ0v) is 16.3. The quantitative estimate of drug-likeness (QED) is 0.649. The van der Waals surface area contributed by atoms with Gasteiger partial charge in [0.25, 0.3) is 10.0 Å². The molecular weight excluding hydrogens is 392 g/mol. The molecule has 0 fully saturated rings.